The average molecular weight is 286 g/mol. The molecule has 0 aromatic rings. The van der Waals surface area contributed by atoms with Gasteiger partial charge in [0.25, 0.3) is 0 Å². The zero-order valence-electron chi connectivity index (χ0n) is 13.0. The molecule has 0 aromatic heterocycles. The van der Waals surface area contributed by atoms with Crippen LogP contribution in [-0.4, -0.2) is 52.3 Å². The highest BCUT2D eigenvalue weighted by Gasteiger charge is 2.40. The molecular weight excluding hydrogens is 260 g/mol. The molecule has 6 nitrogen and oxygen atoms in total. The maximum Gasteiger partial charge on any atom is 0.411 e. The second-order valence-corrected chi connectivity index (χ2v) is 6.36. The lowest BCUT2D eigenvalue weighted by Crippen LogP contribution is -2.49. The molecule has 2 N–H and O–H groups in total. The van der Waals surface area contributed by atoms with Gasteiger partial charge in [-0.05, 0) is 34.1 Å². The van der Waals surface area contributed by atoms with Gasteiger partial charge in [0.15, 0.2) is 0 Å². The fourth-order valence-electron chi connectivity index (χ4n) is 2.03. The molecule has 20 heavy (non-hydrogen) atoms. The third-order valence-corrected chi connectivity index (χ3v) is 3.21. The molecule has 3 atom stereocenters. The Bertz CT molecular complexity index is 365. The van der Waals surface area contributed by atoms with Crippen molar-refractivity contribution >= 4 is 12.0 Å². The molecule has 2 amide bonds. The number of nitrogens with zero attached hydrogens (tertiary/aromatic N) is 1. The lowest BCUT2D eigenvalue weighted by molar-refractivity contribution is -0.126. The smallest absolute Gasteiger partial charge is 0.411 e. The Morgan fingerprint density at radius 3 is 2.55 bits per heavy atom. The predicted octanol–water partition coefficient (Wildman–Crippen LogP) is 1.27. The number of aliphatic hydroxyl groups is 1. The van der Waals surface area contributed by atoms with Crippen LogP contribution in [0.3, 0.4) is 0 Å². The first-order chi connectivity index (χ1) is 9.14. The number of likely N-dealkylation sites (tertiary alicyclic amines) is 1. The van der Waals surface area contributed by atoms with Crippen LogP contribution in [0.25, 0.3) is 0 Å². The summed E-state index contributed by atoms with van der Waals surface area (Å²) in [6.45, 7) is 9.32. The molecule has 116 valence electrons. The summed E-state index contributed by atoms with van der Waals surface area (Å²) < 4.78 is 5.28. The molecular formula is C14H26N2O4. The molecule has 1 aliphatic heterocycles. The summed E-state index contributed by atoms with van der Waals surface area (Å²) in [6, 6.07) is -0.616. The molecule has 0 aromatic carbocycles. The first-order valence-corrected chi connectivity index (χ1v) is 7.12. The van der Waals surface area contributed by atoms with Crippen molar-refractivity contribution in [3.05, 3.63) is 0 Å². The monoisotopic (exact) mass is 286 g/mol. The standard InChI is InChI=1S/C14H26N2O4/c1-6-9(2)15-12(18)11-7-10(17)8-16(11)13(19)20-14(3,4)5/h9-11,17H,6-8H2,1-5H3,(H,15,18)/t9-,10-,11-/m0/s1. The van der Waals surface area contributed by atoms with E-state index in [0.717, 1.165) is 6.42 Å². The minimum Gasteiger partial charge on any atom is -0.444 e. The van der Waals surface area contributed by atoms with E-state index in [-0.39, 0.29) is 24.9 Å². The number of nitrogens with one attached hydrogen (secondary N) is 1. The van der Waals surface area contributed by atoms with Gasteiger partial charge in [-0.25, -0.2) is 4.79 Å². The number of hydrogen-bond acceptors (Lipinski definition) is 4. The van der Waals surface area contributed by atoms with Crippen LogP contribution < -0.4 is 5.32 Å². The first kappa shape index (κ1) is 16.8. The topological polar surface area (TPSA) is 78.9 Å². The Morgan fingerprint density at radius 1 is 1.45 bits per heavy atom. The van der Waals surface area contributed by atoms with E-state index in [0.29, 0.717) is 0 Å². The van der Waals surface area contributed by atoms with E-state index in [1.54, 1.807) is 20.8 Å². The average Bonchev–Trinajstić information content (AvgIpc) is 2.69. The highest BCUT2D eigenvalue weighted by molar-refractivity contribution is 5.86. The molecule has 1 aliphatic rings. The molecule has 0 radical (unpaired) electrons. The SMILES string of the molecule is CC[C@H](C)NC(=O)[C@@H]1C[C@H](O)CN1C(=O)OC(C)(C)C. The van der Waals surface area contributed by atoms with Gasteiger partial charge in [-0.15, -0.1) is 0 Å². The van der Waals surface area contributed by atoms with Crippen molar-refractivity contribution in [1.82, 2.24) is 10.2 Å². The summed E-state index contributed by atoms with van der Waals surface area (Å²) in [5, 5.41) is 12.6. The van der Waals surface area contributed by atoms with E-state index in [1.165, 1.54) is 4.90 Å². The fraction of sp³-hybridized carbons (Fsp3) is 0.857. The van der Waals surface area contributed by atoms with E-state index in [1.807, 2.05) is 13.8 Å². The molecule has 0 unspecified atom stereocenters. The van der Waals surface area contributed by atoms with Crippen molar-refractivity contribution in [2.24, 2.45) is 0 Å². The van der Waals surface area contributed by atoms with Gasteiger partial charge in [0, 0.05) is 12.5 Å². The summed E-state index contributed by atoms with van der Waals surface area (Å²) in [5.41, 5.74) is -0.623. The van der Waals surface area contributed by atoms with Crippen LogP contribution in [0.1, 0.15) is 47.5 Å². The van der Waals surface area contributed by atoms with Crippen LogP contribution in [0.15, 0.2) is 0 Å². The highest BCUT2D eigenvalue weighted by Crippen LogP contribution is 2.21. The number of carbonyl (C=O) groups is 2. The number of carbonyl (C=O) groups excluding carboxylic acids is 2. The van der Waals surface area contributed by atoms with Crippen molar-refractivity contribution in [3.63, 3.8) is 0 Å². The number of ether oxygens (including phenoxy) is 1. The Morgan fingerprint density at radius 2 is 2.05 bits per heavy atom. The molecule has 1 saturated heterocycles. The summed E-state index contributed by atoms with van der Waals surface area (Å²) in [5.74, 6) is -0.234. The van der Waals surface area contributed by atoms with E-state index >= 15 is 0 Å². The molecule has 1 rings (SSSR count). The molecule has 1 heterocycles. The van der Waals surface area contributed by atoms with Crippen LogP contribution in [0.4, 0.5) is 4.79 Å². The largest absolute Gasteiger partial charge is 0.444 e. The fourth-order valence-corrected chi connectivity index (χ4v) is 2.03. The van der Waals surface area contributed by atoms with E-state index in [4.69, 9.17) is 4.74 Å². The molecule has 1 fully saturated rings. The maximum absolute atomic E-state index is 12.2. The zero-order chi connectivity index (χ0) is 15.5. The second-order valence-electron chi connectivity index (χ2n) is 6.36. The van der Waals surface area contributed by atoms with Crippen molar-refractivity contribution in [3.8, 4) is 0 Å². The van der Waals surface area contributed by atoms with Gasteiger partial charge >= 0.3 is 6.09 Å². The lowest BCUT2D eigenvalue weighted by Gasteiger charge is -2.28. The lowest BCUT2D eigenvalue weighted by atomic mass is 10.1. The van der Waals surface area contributed by atoms with Crippen molar-refractivity contribution in [1.29, 1.82) is 0 Å². The van der Waals surface area contributed by atoms with Gasteiger partial charge in [-0.3, -0.25) is 9.69 Å². The molecule has 0 bridgehead atoms. The summed E-state index contributed by atoms with van der Waals surface area (Å²) in [4.78, 5) is 25.6. The van der Waals surface area contributed by atoms with E-state index in [9.17, 15) is 14.7 Å². The summed E-state index contributed by atoms with van der Waals surface area (Å²) >= 11 is 0. The number of amides is 2. The Balaban J connectivity index is 2.73. The Labute approximate surface area is 120 Å². The summed E-state index contributed by atoms with van der Waals surface area (Å²) in [7, 11) is 0. The molecule has 0 aliphatic carbocycles. The van der Waals surface area contributed by atoms with Crippen LogP contribution in [0.2, 0.25) is 0 Å². The molecule has 6 heteroatoms. The quantitative estimate of drug-likeness (QED) is 0.819. The number of rotatable bonds is 3. The predicted molar refractivity (Wildman–Crippen MR) is 75.2 cm³/mol. The van der Waals surface area contributed by atoms with Crippen LogP contribution >= 0.6 is 0 Å². The van der Waals surface area contributed by atoms with Gasteiger partial charge in [-0.1, -0.05) is 6.92 Å². The molecule has 0 saturated carbocycles. The highest BCUT2D eigenvalue weighted by atomic mass is 16.6. The van der Waals surface area contributed by atoms with Gasteiger partial charge < -0.3 is 15.2 Å². The first-order valence-electron chi connectivity index (χ1n) is 7.12. The minimum atomic E-state index is -0.685. The Hall–Kier alpha value is -1.30. The van der Waals surface area contributed by atoms with Gasteiger partial charge in [0.05, 0.1) is 12.6 Å². The normalized spacial score (nSPS) is 24.4. The number of hydrogen-bond donors (Lipinski definition) is 2. The molecule has 0 spiro atoms. The van der Waals surface area contributed by atoms with E-state index < -0.39 is 23.8 Å². The van der Waals surface area contributed by atoms with Crippen molar-refractivity contribution < 1.29 is 19.4 Å². The minimum absolute atomic E-state index is 0.0423. The van der Waals surface area contributed by atoms with Crippen LogP contribution in [0.5, 0.6) is 0 Å². The number of β-amino-alcohol motifs (C(OH)–C–C–N with tert-alkyl or cyclic N) is 1. The number of aliphatic hydroxyl groups excluding tert-OH is 1. The van der Waals surface area contributed by atoms with E-state index in [2.05, 4.69) is 5.32 Å². The van der Waals surface area contributed by atoms with Crippen LogP contribution in [-0.2, 0) is 9.53 Å². The zero-order valence-corrected chi connectivity index (χ0v) is 13.0. The maximum atomic E-state index is 12.2. The van der Waals surface area contributed by atoms with Gasteiger partial charge in [-0.2, -0.15) is 0 Å². The van der Waals surface area contributed by atoms with Crippen LogP contribution in [0, 0.1) is 0 Å². The van der Waals surface area contributed by atoms with Gasteiger partial charge in [0.1, 0.15) is 11.6 Å². The third kappa shape index (κ3) is 4.67. The third-order valence-electron chi connectivity index (χ3n) is 3.21. The van der Waals surface area contributed by atoms with Gasteiger partial charge in [0.2, 0.25) is 5.91 Å². The van der Waals surface area contributed by atoms with Crippen molar-refractivity contribution in [2.75, 3.05) is 6.54 Å². The second kappa shape index (κ2) is 6.43. The summed E-state index contributed by atoms with van der Waals surface area (Å²) in [6.07, 6.45) is -0.178. The Kier molecular flexibility index (Phi) is 5.39. The van der Waals surface area contributed by atoms with Crippen molar-refractivity contribution in [2.45, 2.75) is 71.2 Å².